The third-order valence-electron chi connectivity index (χ3n) is 2.73. The lowest BCUT2D eigenvalue weighted by atomic mass is 10.1. The van der Waals surface area contributed by atoms with E-state index < -0.39 is 5.97 Å². The van der Waals surface area contributed by atoms with E-state index in [0.717, 1.165) is 32.1 Å². The third-order valence-corrected chi connectivity index (χ3v) is 2.73. The molecular formula is C13H24O4. The smallest absolute Gasteiger partial charge is 0.306 e. The second kappa shape index (κ2) is 10.1. The van der Waals surface area contributed by atoms with Crippen LogP contribution in [0.25, 0.3) is 0 Å². The first-order valence-electron chi connectivity index (χ1n) is 6.51. The van der Waals surface area contributed by atoms with Crippen molar-refractivity contribution in [1.29, 1.82) is 0 Å². The van der Waals surface area contributed by atoms with Crippen LogP contribution in [0.3, 0.4) is 0 Å². The molecule has 0 spiro atoms. The molecule has 0 unspecified atom stereocenters. The molecule has 0 saturated heterocycles. The van der Waals surface area contributed by atoms with Crippen molar-refractivity contribution < 1.29 is 19.4 Å². The minimum absolute atomic E-state index is 0.0505. The number of rotatable bonds is 10. The topological polar surface area (TPSA) is 63.6 Å². The fourth-order valence-corrected chi connectivity index (χ4v) is 1.60. The molecule has 0 amide bonds. The quantitative estimate of drug-likeness (QED) is 0.473. The zero-order chi connectivity index (χ0) is 13.1. The van der Waals surface area contributed by atoms with Crippen molar-refractivity contribution in [3.63, 3.8) is 0 Å². The second-order valence-corrected chi connectivity index (χ2v) is 4.24. The number of aliphatic carboxylic acids is 1. The number of hydrogen-bond donors (Lipinski definition) is 1. The minimum atomic E-state index is -0.752. The van der Waals surface area contributed by atoms with Crippen LogP contribution in [0.4, 0.5) is 0 Å². The Kier molecular flexibility index (Phi) is 9.49. The summed E-state index contributed by atoms with van der Waals surface area (Å²) in [5.74, 6) is -0.880. The van der Waals surface area contributed by atoms with Crippen LogP contribution in [0.5, 0.6) is 0 Å². The van der Waals surface area contributed by atoms with E-state index in [9.17, 15) is 9.59 Å². The molecule has 4 nitrogen and oxygen atoms in total. The molecule has 4 heteroatoms. The Morgan fingerprint density at radius 3 is 2.00 bits per heavy atom. The number of unbranched alkanes of at least 4 members (excludes halogenated alkanes) is 3. The Hall–Kier alpha value is -1.06. The van der Waals surface area contributed by atoms with E-state index >= 15 is 0 Å². The molecule has 0 fully saturated rings. The number of hydrogen-bond acceptors (Lipinski definition) is 3. The van der Waals surface area contributed by atoms with Crippen molar-refractivity contribution >= 4 is 11.9 Å². The summed E-state index contributed by atoms with van der Waals surface area (Å²) >= 11 is 0. The van der Waals surface area contributed by atoms with Crippen LogP contribution in [-0.2, 0) is 14.3 Å². The minimum Gasteiger partial charge on any atom is -0.481 e. The van der Waals surface area contributed by atoms with Crippen molar-refractivity contribution in [1.82, 2.24) is 0 Å². The van der Waals surface area contributed by atoms with Crippen LogP contribution in [0.15, 0.2) is 0 Å². The Labute approximate surface area is 103 Å². The number of carbonyl (C=O) groups is 2. The molecule has 0 saturated carbocycles. The normalized spacial score (nSPS) is 10.5. The second-order valence-electron chi connectivity index (χ2n) is 4.24. The SMILES string of the molecule is CCC(CC)OC(=O)CCCCCCC(=O)O. The molecule has 0 aromatic carbocycles. The first kappa shape index (κ1) is 15.9. The number of esters is 1. The summed E-state index contributed by atoms with van der Waals surface area (Å²) in [6, 6.07) is 0. The molecule has 0 aromatic rings. The molecule has 0 rings (SSSR count). The van der Waals surface area contributed by atoms with E-state index in [-0.39, 0.29) is 18.5 Å². The van der Waals surface area contributed by atoms with Gasteiger partial charge in [-0.1, -0.05) is 26.7 Å². The van der Waals surface area contributed by atoms with Gasteiger partial charge in [0, 0.05) is 12.8 Å². The summed E-state index contributed by atoms with van der Waals surface area (Å²) in [5, 5.41) is 8.44. The highest BCUT2D eigenvalue weighted by atomic mass is 16.5. The molecule has 0 radical (unpaired) electrons. The highest BCUT2D eigenvalue weighted by Gasteiger charge is 2.09. The van der Waals surface area contributed by atoms with Gasteiger partial charge in [0.15, 0.2) is 0 Å². The predicted octanol–water partition coefficient (Wildman–Crippen LogP) is 3.14. The van der Waals surface area contributed by atoms with E-state index in [4.69, 9.17) is 9.84 Å². The van der Waals surface area contributed by atoms with Gasteiger partial charge in [0.1, 0.15) is 6.10 Å². The van der Waals surface area contributed by atoms with Crippen LogP contribution in [-0.4, -0.2) is 23.1 Å². The summed E-state index contributed by atoms with van der Waals surface area (Å²) in [4.78, 5) is 21.6. The lowest BCUT2D eigenvalue weighted by molar-refractivity contribution is -0.149. The molecular weight excluding hydrogens is 220 g/mol. The zero-order valence-electron chi connectivity index (χ0n) is 10.9. The van der Waals surface area contributed by atoms with Gasteiger partial charge < -0.3 is 9.84 Å². The summed E-state index contributed by atoms with van der Waals surface area (Å²) in [7, 11) is 0. The number of carboxylic acid groups (broad SMARTS) is 1. The van der Waals surface area contributed by atoms with Crippen molar-refractivity contribution in [3.05, 3.63) is 0 Å². The summed E-state index contributed by atoms with van der Waals surface area (Å²) in [6.45, 7) is 4.01. The molecule has 17 heavy (non-hydrogen) atoms. The van der Waals surface area contributed by atoms with Crippen LogP contribution in [0.2, 0.25) is 0 Å². The largest absolute Gasteiger partial charge is 0.481 e. The first-order chi connectivity index (χ1) is 8.10. The average molecular weight is 244 g/mol. The third kappa shape index (κ3) is 9.85. The maximum atomic E-state index is 11.4. The lowest BCUT2D eigenvalue weighted by Crippen LogP contribution is -2.16. The molecule has 0 aliphatic heterocycles. The van der Waals surface area contributed by atoms with Crippen LogP contribution >= 0.6 is 0 Å². The van der Waals surface area contributed by atoms with Gasteiger partial charge in [-0.3, -0.25) is 9.59 Å². The summed E-state index contributed by atoms with van der Waals surface area (Å²) < 4.78 is 5.26. The molecule has 0 aliphatic carbocycles. The maximum absolute atomic E-state index is 11.4. The highest BCUT2D eigenvalue weighted by Crippen LogP contribution is 2.09. The van der Waals surface area contributed by atoms with Crippen LogP contribution < -0.4 is 0 Å². The lowest BCUT2D eigenvalue weighted by Gasteiger charge is -2.13. The van der Waals surface area contributed by atoms with E-state index in [1.54, 1.807) is 0 Å². The number of carboxylic acids is 1. The molecule has 100 valence electrons. The van der Waals surface area contributed by atoms with Gasteiger partial charge in [-0.2, -0.15) is 0 Å². The van der Waals surface area contributed by atoms with E-state index in [1.165, 1.54) is 0 Å². The monoisotopic (exact) mass is 244 g/mol. The van der Waals surface area contributed by atoms with Gasteiger partial charge >= 0.3 is 11.9 Å². The van der Waals surface area contributed by atoms with E-state index in [1.807, 2.05) is 13.8 Å². The van der Waals surface area contributed by atoms with Gasteiger partial charge in [-0.15, -0.1) is 0 Å². The Balaban J connectivity index is 3.42. The van der Waals surface area contributed by atoms with E-state index in [2.05, 4.69) is 0 Å². The molecule has 0 heterocycles. The van der Waals surface area contributed by atoms with Gasteiger partial charge in [-0.25, -0.2) is 0 Å². The number of carbonyl (C=O) groups excluding carboxylic acids is 1. The van der Waals surface area contributed by atoms with Gasteiger partial charge in [0.05, 0.1) is 0 Å². The average Bonchev–Trinajstić information content (AvgIpc) is 2.30. The van der Waals surface area contributed by atoms with Crippen molar-refractivity contribution in [2.45, 2.75) is 71.3 Å². The fraction of sp³-hybridized carbons (Fsp3) is 0.846. The molecule has 1 N–H and O–H groups in total. The van der Waals surface area contributed by atoms with Crippen molar-refractivity contribution in [2.24, 2.45) is 0 Å². The maximum Gasteiger partial charge on any atom is 0.306 e. The molecule has 0 aliphatic rings. The van der Waals surface area contributed by atoms with Gasteiger partial charge in [0.2, 0.25) is 0 Å². The highest BCUT2D eigenvalue weighted by molar-refractivity contribution is 5.69. The molecule has 0 bridgehead atoms. The van der Waals surface area contributed by atoms with Gasteiger partial charge in [-0.05, 0) is 25.7 Å². The van der Waals surface area contributed by atoms with E-state index in [0.29, 0.717) is 12.8 Å². The molecule has 0 atom stereocenters. The van der Waals surface area contributed by atoms with Crippen LogP contribution in [0, 0.1) is 0 Å². The zero-order valence-corrected chi connectivity index (χ0v) is 10.9. The first-order valence-corrected chi connectivity index (χ1v) is 6.51. The Bertz CT molecular complexity index is 221. The predicted molar refractivity (Wildman–Crippen MR) is 65.8 cm³/mol. The molecule has 0 aromatic heterocycles. The fourth-order valence-electron chi connectivity index (χ4n) is 1.60. The Morgan fingerprint density at radius 1 is 1.00 bits per heavy atom. The summed E-state index contributed by atoms with van der Waals surface area (Å²) in [6.07, 6.45) is 5.68. The van der Waals surface area contributed by atoms with Gasteiger partial charge in [0.25, 0.3) is 0 Å². The number of ether oxygens (including phenoxy) is 1. The Morgan fingerprint density at radius 2 is 1.53 bits per heavy atom. The van der Waals surface area contributed by atoms with Crippen molar-refractivity contribution in [3.8, 4) is 0 Å². The standard InChI is InChI=1S/C13H24O4/c1-3-11(4-2)17-13(16)10-8-6-5-7-9-12(14)15/h11H,3-10H2,1-2H3,(H,14,15). The van der Waals surface area contributed by atoms with Crippen LogP contribution in [0.1, 0.15) is 65.2 Å². The summed E-state index contributed by atoms with van der Waals surface area (Å²) in [5.41, 5.74) is 0. The van der Waals surface area contributed by atoms with Crippen molar-refractivity contribution in [2.75, 3.05) is 0 Å².